The zero-order chi connectivity index (χ0) is 22.4. The molecule has 31 heavy (non-hydrogen) atoms. The number of imide groups is 1. The third-order valence-corrected chi connectivity index (χ3v) is 6.80. The molecule has 0 saturated carbocycles. The first-order valence-corrected chi connectivity index (χ1v) is 11.4. The van der Waals surface area contributed by atoms with E-state index >= 15 is 0 Å². The maximum Gasteiger partial charge on any atom is 0.327 e. The lowest BCUT2D eigenvalue weighted by atomic mass is 9.85. The maximum atomic E-state index is 13.6. The van der Waals surface area contributed by atoms with Crippen LogP contribution in [-0.4, -0.2) is 79.2 Å². The van der Waals surface area contributed by atoms with Crippen LogP contribution in [0.5, 0.6) is 5.75 Å². The minimum atomic E-state index is -0.719. The molecule has 0 aromatic heterocycles. The number of carbonyl (C=O) groups excluding carboxylic acids is 2. The summed E-state index contributed by atoms with van der Waals surface area (Å²) in [7, 11) is 3.29. The number of rotatable bonds is 10. The molecular weight excluding hydrogens is 394 g/mol. The molecule has 2 heterocycles. The Morgan fingerprint density at radius 1 is 1.10 bits per heavy atom. The third-order valence-electron chi connectivity index (χ3n) is 6.80. The zero-order valence-corrected chi connectivity index (χ0v) is 19.4. The number of benzene rings is 1. The minimum absolute atomic E-state index is 0.0473. The number of amides is 3. The molecule has 2 fully saturated rings. The molecule has 3 amide bonds. The summed E-state index contributed by atoms with van der Waals surface area (Å²) >= 11 is 0. The van der Waals surface area contributed by atoms with Gasteiger partial charge in [0.2, 0.25) is 0 Å². The van der Waals surface area contributed by atoms with Crippen LogP contribution < -0.4 is 4.74 Å². The molecule has 2 aliphatic rings. The lowest BCUT2D eigenvalue weighted by Crippen LogP contribution is -2.57. The largest absolute Gasteiger partial charge is 0.497 e. The smallest absolute Gasteiger partial charge is 0.327 e. The van der Waals surface area contributed by atoms with Crippen molar-refractivity contribution in [2.75, 3.05) is 47.0 Å². The second-order valence-electron chi connectivity index (χ2n) is 8.87. The van der Waals surface area contributed by atoms with Crippen molar-refractivity contribution in [3.63, 3.8) is 0 Å². The van der Waals surface area contributed by atoms with Crippen molar-refractivity contribution in [3.05, 3.63) is 29.8 Å². The van der Waals surface area contributed by atoms with E-state index in [0.29, 0.717) is 38.5 Å². The monoisotopic (exact) mass is 431 g/mol. The van der Waals surface area contributed by atoms with Gasteiger partial charge in [0.05, 0.1) is 13.7 Å². The standard InChI is InChI=1S/C24H37N3O4/c1-5-19(2)17-25-14-11-24(12-15-25)22(28)26(23(29)27(24)13-6-16-30-3)18-20-7-9-21(31-4)10-8-20/h7-10,19H,5-6,11-18H2,1-4H3. The average Bonchev–Trinajstić information content (AvgIpc) is 2.97. The van der Waals surface area contributed by atoms with Gasteiger partial charge in [0, 0.05) is 39.9 Å². The third kappa shape index (κ3) is 5.04. The fraction of sp³-hybridized carbons (Fsp3) is 0.667. The predicted molar refractivity (Wildman–Crippen MR) is 120 cm³/mol. The van der Waals surface area contributed by atoms with Gasteiger partial charge in [0.1, 0.15) is 11.3 Å². The Balaban J connectivity index is 1.77. The van der Waals surface area contributed by atoms with E-state index < -0.39 is 5.54 Å². The van der Waals surface area contributed by atoms with Crippen molar-refractivity contribution in [3.8, 4) is 5.75 Å². The number of nitrogens with zero attached hydrogens (tertiary/aromatic N) is 3. The zero-order valence-electron chi connectivity index (χ0n) is 19.4. The SMILES string of the molecule is CCC(C)CN1CCC2(CC1)C(=O)N(Cc1ccc(OC)cc1)C(=O)N2CCCOC. The Hall–Kier alpha value is -2.12. The number of urea groups is 1. The lowest BCUT2D eigenvalue weighted by Gasteiger charge is -2.42. The van der Waals surface area contributed by atoms with Gasteiger partial charge in [-0.1, -0.05) is 32.4 Å². The van der Waals surface area contributed by atoms with E-state index in [1.54, 1.807) is 14.2 Å². The summed E-state index contributed by atoms with van der Waals surface area (Å²) < 4.78 is 10.4. The molecule has 0 aliphatic carbocycles. The molecule has 0 N–H and O–H groups in total. The summed E-state index contributed by atoms with van der Waals surface area (Å²) in [6, 6.07) is 7.37. The van der Waals surface area contributed by atoms with Crippen LogP contribution in [0, 0.1) is 5.92 Å². The topological polar surface area (TPSA) is 62.3 Å². The van der Waals surface area contributed by atoms with Crippen LogP contribution in [0.25, 0.3) is 0 Å². The van der Waals surface area contributed by atoms with Crippen LogP contribution in [0.2, 0.25) is 0 Å². The summed E-state index contributed by atoms with van der Waals surface area (Å²) in [5.74, 6) is 1.35. The molecular formula is C24H37N3O4. The Labute approximate surface area is 186 Å². The van der Waals surface area contributed by atoms with Crippen molar-refractivity contribution < 1.29 is 19.1 Å². The van der Waals surface area contributed by atoms with Crippen molar-refractivity contribution in [2.24, 2.45) is 5.92 Å². The van der Waals surface area contributed by atoms with Gasteiger partial charge in [-0.05, 0) is 42.9 Å². The average molecular weight is 432 g/mol. The normalized spacial score (nSPS) is 20.0. The van der Waals surface area contributed by atoms with Gasteiger partial charge in [-0.15, -0.1) is 0 Å². The van der Waals surface area contributed by atoms with E-state index in [1.807, 2.05) is 29.2 Å². The maximum absolute atomic E-state index is 13.6. The summed E-state index contributed by atoms with van der Waals surface area (Å²) in [5.41, 5.74) is 0.203. The van der Waals surface area contributed by atoms with Crippen molar-refractivity contribution >= 4 is 11.9 Å². The molecule has 0 bridgehead atoms. The molecule has 3 rings (SSSR count). The Morgan fingerprint density at radius 3 is 2.35 bits per heavy atom. The second kappa shape index (κ2) is 10.5. The number of piperidine rings is 1. The quantitative estimate of drug-likeness (QED) is 0.420. The number of ether oxygens (including phenoxy) is 2. The summed E-state index contributed by atoms with van der Waals surface area (Å²) in [6.07, 6.45) is 3.27. The molecule has 1 unspecified atom stereocenters. The van der Waals surface area contributed by atoms with Crippen molar-refractivity contribution in [1.82, 2.24) is 14.7 Å². The Morgan fingerprint density at radius 2 is 1.77 bits per heavy atom. The van der Waals surface area contributed by atoms with E-state index in [9.17, 15) is 9.59 Å². The van der Waals surface area contributed by atoms with Crippen LogP contribution >= 0.6 is 0 Å². The van der Waals surface area contributed by atoms with E-state index in [4.69, 9.17) is 9.47 Å². The minimum Gasteiger partial charge on any atom is -0.497 e. The highest BCUT2D eigenvalue weighted by Gasteiger charge is 2.57. The highest BCUT2D eigenvalue weighted by atomic mass is 16.5. The second-order valence-corrected chi connectivity index (χ2v) is 8.87. The van der Waals surface area contributed by atoms with Gasteiger partial charge in [0.15, 0.2) is 0 Å². The fourth-order valence-corrected chi connectivity index (χ4v) is 4.67. The first-order valence-electron chi connectivity index (χ1n) is 11.4. The van der Waals surface area contributed by atoms with Crippen LogP contribution in [0.1, 0.15) is 45.1 Å². The van der Waals surface area contributed by atoms with Crippen LogP contribution in [-0.2, 0) is 16.1 Å². The molecule has 0 radical (unpaired) electrons. The summed E-state index contributed by atoms with van der Waals surface area (Å²) in [6.45, 7) is 8.64. The van der Waals surface area contributed by atoms with Gasteiger partial charge in [0.25, 0.3) is 5.91 Å². The van der Waals surface area contributed by atoms with Crippen molar-refractivity contribution in [2.45, 2.75) is 51.6 Å². The molecule has 2 aliphatic heterocycles. The van der Waals surface area contributed by atoms with Crippen LogP contribution in [0.15, 0.2) is 24.3 Å². The Bertz CT molecular complexity index is 744. The van der Waals surface area contributed by atoms with Gasteiger partial charge < -0.3 is 19.3 Å². The summed E-state index contributed by atoms with van der Waals surface area (Å²) in [4.78, 5) is 32.7. The van der Waals surface area contributed by atoms with Crippen LogP contribution in [0.4, 0.5) is 4.79 Å². The van der Waals surface area contributed by atoms with Gasteiger partial charge in [-0.25, -0.2) is 4.79 Å². The van der Waals surface area contributed by atoms with Gasteiger partial charge >= 0.3 is 6.03 Å². The molecule has 1 aromatic carbocycles. The Kier molecular flexibility index (Phi) is 7.94. The van der Waals surface area contributed by atoms with E-state index in [-0.39, 0.29) is 11.9 Å². The highest BCUT2D eigenvalue weighted by molar-refractivity contribution is 6.07. The fourth-order valence-electron chi connectivity index (χ4n) is 4.67. The highest BCUT2D eigenvalue weighted by Crippen LogP contribution is 2.38. The molecule has 1 spiro atoms. The molecule has 7 heteroatoms. The molecule has 172 valence electrons. The first kappa shape index (κ1) is 23.5. The van der Waals surface area contributed by atoms with E-state index in [2.05, 4.69) is 18.7 Å². The van der Waals surface area contributed by atoms with Crippen LogP contribution in [0.3, 0.4) is 0 Å². The molecule has 1 aromatic rings. The van der Waals surface area contributed by atoms with E-state index in [1.165, 1.54) is 4.90 Å². The number of likely N-dealkylation sites (tertiary alicyclic amines) is 1. The number of methoxy groups -OCH3 is 2. The number of hydrogen-bond donors (Lipinski definition) is 0. The van der Waals surface area contributed by atoms with Gasteiger partial charge in [-0.2, -0.15) is 0 Å². The number of carbonyl (C=O) groups is 2. The lowest BCUT2D eigenvalue weighted by molar-refractivity contribution is -0.136. The van der Waals surface area contributed by atoms with Gasteiger partial charge in [-0.3, -0.25) is 9.69 Å². The first-order chi connectivity index (χ1) is 14.9. The van der Waals surface area contributed by atoms with E-state index in [0.717, 1.165) is 43.8 Å². The predicted octanol–water partition coefficient (Wildman–Crippen LogP) is 3.38. The molecule has 2 saturated heterocycles. The number of hydrogen-bond acceptors (Lipinski definition) is 5. The summed E-state index contributed by atoms with van der Waals surface area (Å²) in [5, 5.41) is 0. The molecule has 1 atom stereocenters. The van der Waals surface area contributed by atoms with Crippen molar-refractivity contribution in [1.29, 1.82) is 0 Å². The molecule has 7 nitrogen and oxygen atoms in total.